The Hall–Kier alpha value is -1.61. The number of nitrogens with zero attached hydrogens (tertiary/aromatic N) is 1. The number of aromatic carboxylic acids is 1. The number of carbonyl (C=O) groups is 1. The first-order chi connectivity index (χ1) is 9.39. The molecule has 20 heavy (non-hydrogen) atoms. The van der Waals surface area contributed by atoms with Crippen molar-refractivity contribution >= 4 is 28.5 Å². The molecule has 4 heteroatoms. The summed E-state index contributed by atoms with van der Waals surface area (Å²) in [5.74, 6) is -0.895. The highest BCUT2D eigenvalue weighted by molar-refractivity contribution is 6.35. The van der Waals surface area contributed by atoms with Gasteiger partial charge in [0.25, 0.3) is 0 Å². The molecule has 3 rings (SSSR count). The zero-order valence-electron chi connectivity index (χ0n) is 11.5. The Morgan fingerprint density at radius 1 is 1.40 bits per heavy atom. The summed E-state index contributed by atoms with van der Waals surface area (Å²) in [5.41, 5.74) is 2.86. The van der Waals surface area contributed by atoms with Crippen LogP contribution in [0.5, 0.6) is 0 Å². The molecule has 1 N–H and O–H groups in total. The summed E-state index contributed by atoms with van der Waals surface area (Å²) in [4.78, 5) is 16.4. The molecule has 0 bridgehead atoms. The van der Waals surface area contributed by atoms with Gasteiger partial charge in [0, 0.05) is 11.1 Å². The van der Waals surface area contributed by atoms with E-state index in [-0.39, 0.29) is 5.41 Å². The first-order valence-corrected chi connectivity index (χ1v) is 7.10. The Bertz CT molecular complexity index is 722. The number of hydrogen-bond donors (Lipinski definition) is 1. The van der Waals surface area contributed by atoms with Gasteiger partial charge in [-0.15, -0.1) is 0 Å². The molecule has 0 spiro atoms. The molecule has 0 saturated carbocycles. The number of hydrogen-bond acceptors (Lipinski definition) is 2. The van der Waals surface area contributed by atoms with Crippen molar-refractivity contribution < 1.29 is 9.90 Å². The highest BCUT2D eigenvalue weighted by Crippen LogP contribution is 2.38. The molecule has 0 amide bonds. The predicted molar refractivity (Wildman–Crippen MR) is 79.5 cm³/mol. The topological polar surface area (TPSA) is 50.2 Å². The minimum atomic E-state index is -0.895. The van der Waals surface area contributed by atoms with Gasteiger partial charge in [-0.3, -0.25) is 4.98 Å². The Morgan fingerprint density at radius 3 is 2.85 bits per heavy atom. The van der Waals surface area contributed by atoms with E-state index in [0.29, 0.717) is 21.5 Å². The van der Waals surface area contributed by atoms with Crippen LogP contribution in [0, 0.1) is 5.41 Å². The standard InChI is InChI=1S/C16H16ClNO2/c1-16(2)7-6-12-10(8-16)13(15(19)20)9-4-3-5-11(17)14(9)18-12/h3-5H,6-8H2,1-2H3,(H,19,20). The van der Waals surface area contributed by atoms with E-state index in [1.54, 1.807) is 18.2 Å². The van der Waals surface area contributed by atoms with Crippen LogP contribution in [0.2, 0.25) is 5.02 Å². The zero-order chi connectivity index (χ0) is 14.5. The number of rotatable bonds is 1. The number of aryl methyl sites for hydroxylation is 1. The zero-order valence-corrected chi connectivity index (χ0v) is 12.3. The second-order valence-corrected chi connectivity index (χ2v) is 6.60. The molecule has 0 radical (unpaired) electrons. The van der Waals surface area contributed by atoms with E-state index in [1.807, 2.05) is 0 Å². The number of aromatic nitrogens is 1. The van der Waals surface area contributed by atoms with Gasteiger partial charge in [-0.2, -0.15) is 0 Å². The first-order valence-electron chi connectivity index (χ1n) is 6.72. The molecular formula is C16H16ClNO2. The third-order valence-corrected chi connectivity index (χ3v) is 4.37. The highest BCUT2D eigenvalue weighted by Gasteiger charge is 2.31. The normalized spacial score (nSPS) is 16.9. The summed E-state index contributed by atoms with van der Waals surface area (Å²) in [6, 6.07) is 5.32. The van der Waals surface area contributed by atoms with Crippen LogP contribution in [-0.2, 0) is 12.8 Å². The van der Waals surface area contributed by atoms with Gasteiger partial charge in [-0.05, 0) is 36.3 Å². The Balaban J connectivity index is 2.38. The Labute approximate surface area is 122 Å². The minimum Gasteiger partial charge on any atom is -0.478 e. The van der Waals surface area contributed by atoms with Crippen molar-refractivity contribution in [3.63, 3.8) is 0 Å². The van der Waals surface area contributed by atoms with Crippen LogP contribution in [0.25, 0.3) is 10.9 Å². The SMILES string of the molecule is CC1(C)CCc2nc3c(Cl)cccc3c(C(=O)O)c2C1. The molecule has 2 aromatic rings. The van der Waals surface area contributed by atoms with Crippen LogP contribution in [0.15, 0.2) is 18.2 Å². The minimum absolute atomic E-state index is 0.116. The lowest BCUT2D eigenvalue weighted by molar-refractivity contribution is 0.0696. The van der Waals surface area contributed by atoms with Crippen molar-refractivity contribution in [3.8, 4) is 0 Å². The van der Waals surface area contributed by atoms with Gasteiger partial charge >= 0.3 is 5.97 Å². The van der Waals surface area contributed by atoms with Gasteiger partial charge in [-0.25, -0.2) is 4.79 Å². The average Bonchev–Trinajstić information content (AvgIpc) is 2.35. The fraction of sp³-hybridized carbons (Fsp3) is 0.375. The predicted octanol–water partition coefficient (Wildman–Crippen LogP) is 4.10. The second-order valence-electron chi connectivity index (χ2n) is 6.19. The molecule has 1 aliphatic rings. The van der Waals surface area contributed by atoms with E-state index in [2.05, 4.69) is 18.8 Å². The smallest absolute Gasteiger partial charge is 0.336 e. The van der Waals surface area contributed by atoms with Gasteiger partial charge in [0.15, 0.2) is 0 Å². The molecule has 1 aliphatic carbocycles. The molecular weight excluding hydrogens is 274 g/mol. The summed E-state index contributed by atoms with van der Waals surface area (Å²) in [6.45, 7) is 4.34. The number of para-hydroxylation sites is 1. The van der Waals surface area contributed by atoms with Gasteiger partial charge in [0.05, 0.1) is 16.1 Å². The summed E-state index contributed by atoms with van der Waals surface area (Å²) in [5, 5.41) is 10.8. The third kappa shape index (κ3) is 2.06. The molecule has 1 aromatic carbocycles. The summed E-state index contributed by atoms with van der Waals surface area (Å²) >= 11 is 6.18. The van der Waals surface area contributed by atoms with Crippen LogP contribution in [0.3, 0.4) is 0 Å². The van der Waals surface area contributed by atoms with E-state index in [0.717, 1.165) is 30.5 Å². The monoisotopic (exact) mass is 289 g/mol. The van der Waals surface area contributed by atoms with E-state index in [1.165, 1.54) is 0 Å². The number of halogens is 1. The van der Waals surface area contributed by atoms with E-state index < -0.39 is 5.97 Å². The van der Waals surface area contributed by atoms with Crippen LogP contribution in [-0.4, -0.2) is 16.1 Å². The summed E-state index contributed by atoms with van der Waals surface area (Å²) in [6.07, 6.45) is 2.57. The quantitative estimate of drug-likeness (QED) is 0.860. The van der Waals surface area contributed by atoms with Crippen LogP contribution < -0.4 is 0 Å². The summed E-state index contributed by atoms with van der Waals surface area (Å²) < 4.78 is 0. The maximum atomic E-state index is 11.7. The van der Waals surface area contributed by atoms with Gasteiger partial charge in [-0.1, -0.05) is 37.6 Å². The van der Waals surface area contributed by atoms with Gasteiger partial charge in [0.2, 0.25) is 0 Å². The number of fused-ring (bicyclic) bond motifs is 2. The van der Waals surface area contributed by atoms with Crippen molar-refractivity contribution in [2.75, 3.05) is 0 Å². The highest BCUT2D eigenvalue weighted by atomic mass is 35.5. The third-order valence-electron chi connectivity index (χ3n) is 4.06. The number of benzene rings is 1. The van der Waals surface area contributed by atoms with Crippen molar-refractivity contribution in [2.45, 2.75) is 33.1 Å². The molecule has 0 saturated heterocycles. The first kappa shape index (κ1) is 13.4. The van der Waals surface area contributed by atoms with E-state index in [9.17, 15) is 9.90 Å². The van der Waals surface area contributed by atoms with Crippen molar-refractivity contribution in [1.82, 2.24) is 4.98 Å². The Kier molecular flexibility index (Phi) is 2.98. The van der Waals surface area contributed by atoms with Crippen LogP contribution in [0.4, 0.5) is 0 Å². The maximum absolute atomic E-state index is 11.7. The Morgan fingerprint density at radius 2 is 2.15 bits per heavy atom. The fourth-order valence-electron chi connectivity index (χ4n) is 3.01. The molecule has 0 fully saturated rings. The molecule has 0 aliphatic heterocycles. The molecule has 1 aromatic heterocycles. The van der Waals surface area contributed by atoms with Crippen LogP contribution >= 0.6 is 11.6 Å². The molecule has 104 valence electrons. The number of carboxylic acid groups (broad SMARTS) is 1. The largest absolute Gasteiger partial charge is 0.478 e. The lowest BCUT2D eigenvalue weighted by Gasteiger charge is -2.32. The molecule has 0 atom stereocenters. The van der Waals surface area contributed by atoms with Crippen molar-refractivity contribution in [2.24, 2.45) is 5.41 Å². The maximum Gasteiger partial charge on any atom is 0.336 e. The molecule has 0 unspecified atom stereocenters. The van der Waals surface area contributed by atoms with E-state index >= 15 is 0 Å². The fourth-order valence-corrected chi connectivity index (χ4v) is 3.22. The lowest BCUT2D eigenvalue weighted by atomic mass is 9.74. The average molecular weight is 290 g/mol. The number of pyridine rings is 1. The van der Waals surface area contributed by atoms with Crippen molar-refractivity contribution in [1.29, 1.82) is 0 Å². The lowest BCUT2D eigenvalue weighted by Crippen LogP contribution is -2.25. The second kappa shape index (κ2) is 4.45. The van der Waals surface area contributed by atoms with Crippen LogP contribution in [0.1, 0.15) is 41.9 Å². The van der Waals surface area contributed by atoms with Gasteiger partial charge < -0.3 is 5.11 Å². The van der Waals surface area contributed by atoms with Gasteiger partial charge in [0.1, 0.15) is 0 Å². The van der Waals surface area contributed by atoms with E-state index in [4.69, 9.17) is 11.6 Å². The molecule has 3 nitrogen and oxygen atoms in total. The number of carboxylic acids is 1. The van der Waals surface area contributed by atoms with Crippen molar-refractivity contribution in [3.05, 3.63) is 40.0 Å². The summed E-state index contributed by atoms with van der Waals surface area (Å²) in [7, 11) is 0. The molecule has 1 heterocycles.